The number of aromatic nitrogens is 2. The number of nitrogens with zero attached hydrogens (tertiary/aromatic N) is 2. The molecule has 0 aliphatic rings. The van der Waals surface area contributed by atoms with Gasteiger partial charge < -0.3 is 0 Å². The summed E-state index contributed by atoms with van der Waals surface area (Å²) in [7, 11) is 0. The van der Waals surface area contributed by atoms with Crippen LogP contribution in [0.5, 0.6) is 0 Å². The van der Waals surface area contributed by atoms with Crippen molar-refractivity contribution in [2.45, 2.75) is 27.2 Å². The number of carbonyl (C=O) groups is 1. The summed E-state index contributed by atoms with van der Waals surface area (Å²) >= 11 is 1.56. The molecule has 0 atom stereocenters. The van der Waals surface area contributed by atoms with Crippen LogP contribution in [0.15, 0.2) is 17.6 Å². The van der Waals surface area contributed by atoms with Crippen LogP contribution in [0.4, 0.5) is 0 Å². The molecule has 2 aromatic rings. The Balaban J connectivity index is 2.20. The molecule has 0 radical (unpaired) electrons. The van der Waals surface area contributed by atoms with Crippen molar-refractivity contribution in [1.29, 1.82) is 0 Å². The lowest BCUT2D eigenvalue weighted by Gasteiger charge is -2.03. The van der Waals surface area contributed by atoms with Crippen molar-refractivity contribution in [2.75, 3.05) is 0 Å². The van der Waals surface area contributed by atoms with Crippen molar-refractivity contribution in [3.63, 3.8) is 0 Å². The van der Waals surface area contributed by atoms with Crippen LogP contribution < -0.4 is 0 Å². The Hall–Kier alpha value is -1.55. The van der Waals surface area contributed by atoms with Gasteiger partial charge in [-0.1, -0.05) is 6.07 Å². The molecule has 17 heavy (non-hydrogen) atoms. The number of rotatable bonds is 3. The average molecular weight is 246 g/mol. The minimum atomic E-state index is 0.0350. The predicted octanol–water partition coefficient (Wildman–Crippen LogP) is 2.89. The minimum absolute atomic E-state index is 0.0350. The first-order valence-corrected chi connectivity index (χ1v) is 6.31. The molecule has 4 heteroatoms. The van der Waals surface area contributed by atoms with E-state index in [0.29, 0.717) is 12.1 Å². The van der Waals surface area contributed by atoms with E-state index in [1.807, 2.05) is 32.2 Å². The van der Waals surface area contributed by atoms with Crippen molar-refractivity contribution in [1.82, 2.24) is 9.97 Å². The van der Waals surface area contributed by atoms with Gasteiger partial charge in [-0.05, 0) is 31.9 Å². The zero-order valence-electron chi connectivity index (χ0n) is 10.2. The van der Waals surface area contributed by atoms with Crippen LogP contribution in [0.1, 0.15) is 32.3 Å². The molecule has 0 saturated carbocycles. The Morgan fingerprint density at radius 3 is 2.71 bits per heavy atom. The highest BCUT2D eigenvalue weighted by atomic mass is 32.1. The summed E-state index contributed by atoms with van der Waals surface area (Å²) in [5.41, 5.74) is 3.39. The lowest BCUT2D eigenvalue weighted by molar-refractivity contribution is 0.0986. The second-order valence-corrected chi connectivity index (χ2v) is 5.20. The van der Waals surface area contributed by atoms with Crippen molar-refractivity contribution < 1.29 is 4.79 Å². The highest BCUT2D eigenvalue weighted by molar-refractivity contribution is 7.09. The number of thiazole rings is 1. The monoisotopic (exact) mass is 246 g/mol. The molecule has 88 valence electrons. The Morgan fingerprint density at radius 1 is 1.35 bits per heavy atom. The number of ketones is 1. The van der Waals surface area contributed by atoms with Crippen LogP contribution in [0.25, 0.3) is 0 Å². The summed E-state index contributed by atoms with van der Waals surface area (Å²) < 4.78 is 0. The second kappa shape index (κ2) is 4.75. The molecule has 0 saturated heterocycles. The van der Waals surface area contributed by atoms with Crippen molar-refractivity contribution >= 4 is 17.1 Å². The summed E-state index contributed by atoms with van der Waals surface area (Å²) in [5.74, 6) is 0.0350. The molecule has 0 bridgehead atoms. The van der Waals surface area contributed by atoms with Crippen LogP contribution in [-0.4, -0.2) is 15.8 Å². The number of aryl methyl sites for hydroxylation is 3. The molecule has 0 N–H and O–H groups in total. The van der Waals surface area contributed by atoms with Crippen LogP contribution in [0, 0.1) is 20.8 Å². The molecule has 3 nitrogen and oxygen atoms in total. The average Bonchev–Trinajstić information content (AvgIpc) is 2.63. The van der Waals surface area contributed by atoms with Gasteiger partial charge in [-0.25, -0.2) is 4.98 Å². The first-order valence-electron chi connectivity index (χ1n) is 5.43. The van der Waals surface area contributed by atoms with E-state index in [1.54, 1.807) is 17.5 Å². The number of pyridine rings is 1. The Kier molecular flexibility index (Phi) is 3.33. The fourth-order valence-corrected chi connectivity index (χ4v) is 2.36. The zero-order valence-corrected chi connectivity index (χ0v) is 11.0. The normalized spacial score (nSPS) is 10.5. The Bertz CT molecular complexity index is 560. The van der Waals surface area contributed by atoms with Crippen molar-refractivity contribution in [3.05, 3.63) is 45.2 Å². The van der Waals surface area contributed by atoms with E-state index >= 15 is 0 Å². The summed E-state index contributed by atoms with van der Waals surface area (Å²) in [5, 5.41) is 2.91. The zero-order chi connectivity index (χ0) is 12.4. The van der Waals surface area contributed by atoms with Gasteiger partial charge in [0, 0.05) is 11.6 Å². The maximum Gasteiger partial charge on any atom is 0.187 e. The highest BCUT2D eigenvalue weighted by Gasteiger charge is 2.13. The van der Waals surface area contributed by atoms with E-state index in [2.05, 4.69) is 9.97 Å². The lowest BCUT2D eigenvalue weighted by atomic mass is 10.1. The van der Waals surface area contributed by atoms with E-state index in [0.717, 1.165) is 21.8 Å². The van der Waals surface area contributed by atoms with Gasteiger partial charge in [-0.3, -0.25) is 9.78 Å². The smallest absolute Gasteiger partial charge is 0.187 e. The third-order valence-corrected chi connectivity index (χ3v) is 3.31. The van der Waals surface area contributed by atoms with Gasteiger partial charge in [0.25, 0.3) is 0 Å². The summed E-state index contributed by atoms with van der Waals surface area (Å²) in [6.45, 7) is 5.82. The maximum absolute atomic E-state index is 12.1. The Labute approximate surface area is 105 Å². The van der Waals surface area contributed by atoms with Gasteiger partial charge in [-0.2, -0.15) is 0 Å². The molecule has 0 aliphatic heterocycles. The number of Topliss-reactive ketones (excluding diaryl/α,β-unsaturated/α-hetero) is 1. The second-order valence-electron chi connectivity index (χ2n) is 4.14. The maximum atomic E-state index is 12.1. The van der Waals surface area contributed by atoms with Crippen molar-refractivity contribution in [3.8, 4) is 0 Å². The molecule has 0 aromatic carbocycles. The van der Waals surface area contributed by atoms with E-state index in [-0.39, 0.29) is 5.78 Å². The van der Waals surface area contributed by atoms with Crippen LogP contribution in [0.3, 0.4) is 0 Å². The van der Waals surface area contributed by atoms with Gasteiger partial charge in [0.05, 0.1) is 17.1 Å². The van der Waals surface area contributed by atoms with Gasteiger partial charge in [0.15, 0.2) is 5.78 Å². The predicted molar refractivity (Wildman–Crippen MR) is 68.6 cm³/mol. The first-order chi connectivity index (χ1) is 8.06. The van der Waals surface area contributed by atoms with E-state index in [9.17, 15) is 4.79 Å². The molecular weight excluding hydrogens is 232 g/mol. The number of hydrogen-bond acceptors (Lipinski definition) is 4. The molecule has 0 spiro atoms. The first kappa shape index (κ1) is 11.9. The Morgan fingerprint density at radius 2 is 2.12 bits per heavy atom. The fraction of sp³-hybridized carbons (Fsp3) is 0.308. The van der Waals surface area contributed by atoms with Gasteiger partial charge in [0.1, 0.15) is 5.69 Å². The van der Waals surface area contributed by atoms with Crippen molar-refractivity contribution in [2.24, 2.45) is 0 Å². The third kappa shape index (κ3) is 2.77. The summed E-state index contributed by atoms with van der Waals surface area (Å²) in [4.78, 5) is 20.6. The van der Waals surface area contributed by atoms with Gasteiger partial charge >= 0.3 is 0 Å². The molecular formula is C13H14N2OS. The summed E-state index contributed by atoms with van der Waals surface area (Å²) in [6, 6.07) is 1.98. The van der Waals surface area contributed by atoms with E-state index in [1.165, 1.54) is 0 Å². The van der Waals surface area contributed by atoms with Crippen LogP contribution >= 0.6 is 11.3 Å². The van der Waals surface area contributed by atoms with Gasteiger partial charge in [0.2, 0.25) is 0 Å². The van der Waals surface area contributed by atoms with Crippen LogP contribution in [0.2, 0.25) is 0 Å². The fourth-order valence-electron chi connectivity index (χ4n) is 1.74. The molecule has 2 heterocycles. The SMILES string of the molecule is Cc1cnc(C(=O)Cc2csc(C)n2)c(C)c1. The lowest BCUT2D eigenvalue weighted by Crippen LogP contribution is -2.08. The summed E-state index contributed by atoms with van der Waals surface area (Å²) in [6.07, 6.45) is 2.06. The van der Waals surface area contributed by atoms with E-state index in [4.69, 9.17) is 0 Å². The van der Waals surface area contributed by atoms with Crippen LogP contribution in [-0.2, 0) is 6.42 Å². The standard InChI is InChI=1S/C13H14N2OS/c1-8-4-9(2)13(14-6-8)12(16)5-11-7-17-10(3)15-11/h4,6-7H,5H2,1-3H3. The number of carbonyl (C=O) groups excluding carboxylic acids is 1. The quantitative estimate of drug-likeness (QED) is 0.782. The molecule has 0 unspecified atom stereocenters. The van der Waals surface area contributed by atoms with E-state index < -0.39 is 0 Å². The highest BCUT2D eigenvalue weighted by Crippen LogP contribution is 2.13. The molecule has 0 aliphatic carbocycles. The number of hydrogen-bond donors (Lipinski definition) is 0. The third-order valence-electron chi connectivity index (χ3n) is 2.49. The van der Waals surface area contributed by atoms with Gasteiger partial charge in [-0.15, -0.1) is 11.3 Å². The molecule has 2 aromatic heterocycles. The largest absolute Gasteiger partial charge is 0.292 e. The molecule has 0 amide bonds. The minimum Gasteiger partial charge on any atom is -0.292 e. The molecule has 2 rings (SSSR count). The molecule has 0 fully saturated rings. The topological polar surface area (TPSA) is 42.9 Å².